The lowest BCUT2D eigenvalue weighted by atomic mass is 10.2. The summed E-state index contributed by atoms with van der Waals surface area (Å²) in [6.07, 6.45) is 2.78. The lowest BCUT2D eigenvalue weighted by Gasteiger charge is -2.24. The third-order valence-electron chi connectivity index (χ3n) is 4.68. The lowest BCUT2D eigenvalue weighted by molar-refractivity contribution is 0.0767. The normalized spacial score (nSPS) is 15.3. The third kappa shape index (κ3) is 3.35. The summed E-state index contributed by atoms with van der Waals surface area (Å²) in [6, 6.07) is 9.78. The van der Waals surface area contributed by atoms with Crippen molar-refractivity contribution in [2.24, 2.45) is 0 Å². The van der Waals surface area contributed by atoms with Crippen LogP contribution < -0.4 is 10.6 Å². The highest BCUT2D eigenvalue weighted by Gasteiger charge is 2.21. The number of carbonyl (C=O) groups excluding carboxylic acids is 1. The van der Waals surface area contributed by atoms with Gasteiger partial charge in [-0.1, -0.05) is 11.3 Å². The first-order chi connectivity index (χ1) is 12.6. The largest absolute Gasteiger partial charge is 0.375 e. The van der Waals surface area contributed by atoms with Crippen LogP contribution in [0.5, 0.6) is 0 Å². The van der Waals surface area contributed by atoms with Crippen LogP contribution in [0.4, 0.5) is 10.8 Å². The Morgan fingerprint density at radius 3 is 2.88 bits per heavy atom. The zero-order valence-electron chi connectivity index (χ0n) is 14.7. The van der Waals surface area contributed by atoms with Crippen molar-refractivity contribution in [2.45, 2.75) is 13.3 Å². The van der Waals surface area contributed by atoms with Gasteiger partial charge < -0.3 is 15.5 Å². The van der Waals surface area contributed by atoms with E-state index in [9.17, 15) is 4.79 Å². The quantitative estimate of drug-likeness (QED) is 0.754. The molecular formula is C19H21N5OS. The zero-order valence-corrected chi connectivity index (χ0v) is 15.5. The van der Waals surface area contributed by atoms with Crippen LogP contribution in [0.25, 0.3) is 10.2 Å². The van der Waals surface area contributed by atoms with E-state index in [-0.39, 0.29) is 5.91 Å². The van der Waals surface area contributed by atoms with Crippen molar-refractivity contribution in [3.63, 3.8) is 0 Å². The molecule has 2 aromatic heterocycles. The summed E-state index contributed by atoms with van der Waals surface area (Å²) in [5.74, 6) is 0.0613. The molecule has 0 atom stereocenters. The van der Waals surface area contributed by atoms with Crippen LogP contribution in [0.2, 0.25) is 0 Å². The van der Waals surface area contributed by atoms with E-state index in [1.165, 1.54) is 17.0 Å². The number of nitrogens with two attached hydrogens (primary N) is 1. The minimum absolute atomic E-state index is 0.0613. The number of nitrogens with zero attached hydrogens (tertiary/aromatic N) is 4. The maximum atomic E-state index is 12.9. The maximum absolute atomic E-state index is 12.9. The van der Waals surface area contributed by atoms with Gasteiger partial charge in [0.2, 0.25) is 0 Å². The number of fused-ring (bicyclic) bond motifs is 1. The zero-order chi connectivity index (χ0) is 18.1. The second-order valence-electron chi connectivity index (χ2n) is 6.52. The van der Waals surface area contributed by atoms with Crippen LogP contribution in [-0.2, 0) is 0 Å². The lowest BCUT2D eigenvalue weighted by Crippen LogP contribution is -2.35. The maximum Gasteiger partial charge on any atom is 0.253 e. The van der Waals surface area contributed by atoms with Gasteiger partial charge in [0.05, 0.1) is 10.2 Å². The third-order valence-corrected chi connectivity index (χ3v) is 5.55. The van der Waals surface area contributed by atoms with E-state index in [0.717, 1.165) is 42.0 Å². The smallest absolute Gasteiger partial charge is 0.253 e. The number of hydrogen-bond donors (Lipinski definition) is 1. The first-order valence-corrected chi connectivity index (χ1v) is 9.55. The molecule has 1 aromatic carbocycles. The number of aryl methyl sites for hydroxylation is 1. The van der Waals surface area contributed by atoms with Crippen LogP contribution in [0.15, 0.2) is 36.5 Å². The van der Waals surface area contributed by atoms with Crippen molar-refractivity contribution in [1.29, 1.82) is 0 Å². The number of amides is 1. The molecule has 0 spiro atoms. The molecule has 134 valence electrons. The van der Waals surface area contributed by atoms with Gasteiger partial charge in [-0.25, -0.2) is 4.98 Å². The van der Waals surface area contributed by atoms with Gasteiger partial charge in [-0.15, -0.1) is 0 Å². The summed E-state index contributed by atoms with van der Waals surface area (Å²) in [6.45, 7) is 5.22. The van der Waals surface area contributed by atoms with E-state index in [4.69, 9.17) is 5.73 Å². The Hall–Kier alpha value is -2.67. The van der Waals surface area contributed by atoms with Crippen LogP contribution >= 0.6 is 11.3 Å². The highest BCUT2D eigenvalue weighted by molar-refractivity contribution is 7.22. The predicted molar refractivity (Wildman–Crippen MR) is 106 cm³/mol. The van der Waals surface area contributed by atoms with E-state index < -0.39 is 0 Å². The first-order valence-electron chi connectivity index (χ1n) is 8.73. The number of carbonyl (C=O) groups is 1. The fraction of sp³-hybridized carbons (Fsp3) is 0.316. The number of anilines is 2. The predicted octanol–water partition coefficient (Wildman–Crippen LogP) is 2.93. The monoisotopic (exact) mass is 367 g/mol. The van der Waals surface area contributed by atoms with E-state index in [0.29, 0.717) is 17.2 Å². The number of nitrogen functional groups attached to an aromatic ring is 1. The summed E-state index contributed by atoms with van der Waals surface area (Å²) >= 11 is 1.44. The van der Waals surface area contributed by atoms with Crippen LogP contribution in [0, 0.1) is 6.92 Å². The molecule has 0 aliphatic carbocycles. The molecule has 2 N–H and O–H groups in total. The number of benzene rings is 1. The Kier molecular flexibility index (Phi) is 4.46. The van der Waals surface area contributed by atoms with Gasteiger partial charge in [0, 0.05) is 49.3 Å². The molecular weight excluding hydrogens is 346 g/mol. The van der Waals surface area contributed by atoms with Crippen molar-refractivity contribution < 1.29 is 4.79 Å². The van der Waals surface area contributed by atoms with E-state index in [2.05, 4.69) is 20.9 Å². The SMILES string of the molecule is Cc1cc(N2CCCN(C(=O)c3ccc4sc(N)nc4c3)CC2)ccn1. The standard InChI is InChI=1S/C19H21N5OS/c1-13-11-15(5-6-21-13)23-7-2-8-24(10-9-23)18(25)14-3-4-17-16(12-14)22-19(20)26-17/h3-6,11-12H,2,7-10H2,1H3,(H2,20,22). The van der Waals surface area contributed by atoms with Gasteiger partial charge in [0.25, 0.3) is 5.91 Å². The molecule has 0 unspecified atom stereocenters. The van der Waals surface area contributed by atoms with Crippen molar-refractivity contribution >= 4 is 38.3 Å². The molecule has 3 aromatic rings. The molecule has 1 saturated heterocycles. The molecule has 1 aliphatic rings. The summed E-state index contributed by atoms with van der Waals surface area (Å²) in [5, 5.41) is 0.530. The summed E-state index contributed by atoms with van der Waals surface area (Å²) < 4.78 is 1.01. The number of rotatable bonds is 2. The molecule has 26 heavy (non-hydrogen) atoms. The summed E-state index contributed by atoms with van der Waals surface area (Å²) in [5.41, 5.74) is 9.42. The summed E-state index contributed by atoms with van der Waals surface area (Å²) in [4.78, 5) is 25.8. The highest BCUT2D eigenvalue weighted by Crippen LogP contribution is 2.25. The van der Waals surface area contributed by atoms with Crippen LogP contribution in [0.3, 0.4) is 0 Å². The van der Waals surface area contributed by atoms with Crippen molar-refractivity contribution in [1.82, 2.24) is 14.9 Å². The van der Waals surface area contributed by atoms with Crippen LogP contribution in [0.1, 0.15) is 22.5 Å². The molecule has 1 amide bonds. The van der Waals surface area contributed by atoms with Crippen molar-refractivity contribution in [3.8, 4) is 0 Å². The van der Waals surface area contributed by atoms with E-state index >= 15 is 0 Å². The summed E-state index contributed by atoms with van der Waals surface area (Å²) in [7, 11) is 0. The average Bonchev–Trinajstić information content (AvgIpc) is 2.84. The van der Waals surface area contributed by atoms with Gasteiger partial charge in [0.15, 0.2) is 5.13 Å². The van der Waals surface area contributed by atoms with Gasteiger partial charge in [-0.3, -0.25) is 9.78 Å². The average molecular weight is 367 g/mol. The van der Waals surface area contributed by atoms with Crippen molar-refractivity contribution in [3.05, 3.63) is 47.8 Å². The van der Waals surface area contributed by atoms with Crippen molar-refractivity contribution in [2.75, 3.05) is 36.8 Å². The van der Waals surface area contributed by atoms with Gasteiger partial charge >= 0.3 is 0 Å². The number of aromatic nitrogens is 2. The van der Waals surface area contributed by atoms with Gasteiger partial charge in [-0.05, 0) is 43.7 Å². The molecule has 0 bridgehead atoms. The Balaban J connectivity index is 1.49. The molecule has 0 saturated carbocycles. The highest BCUT2D eigenvalue weighted by atomic mass is 32.1. The minimum atomic E-state index is 0.0613. The molecule has 3 heterocycles. The Bertz CT molecular complexity index is 954. The number of thiazole rings is 1. The number of pyridine rings is 1. The Morgan fingerprint density at radius 2 is 2.04 bits per heavy atom. The van der Waals surface area contributed by atoms with E-state index in [1.54, 1.807) is 0 Å². The fourth-order valence-electron chi connectivity index (χ4n) is 3.37. The second kappa shape index (κ2) is 6.92. The molecule has 4 rings (SSSR count). The van der Waals surface area contributed by atoms with Gasteiger partial charge in [0.1, 0.15) is 0 Å². The minimum Gasteiger partial charge on any atom is -0.375 e. The molecule has 1 aliphatic heterocycles. The first kappa shape index (κ1) is 16.8. The fourth-order valence-corrected chi connectivity index (χ4v) is 4.08. The number of hydrogen-bond acceptors (Lipinski definition) is 6. The molecule has 6 nitrogen and oxygen atoms in total. The molecule has 0 radical (unpaired) electrons. The molecule has 7 heteroatoms. The van der Waals surface area contributed by atoms with Crippen LogP contribution in [-0.4, -0.2) is 47.0 Å². The topological polar surface area (TPSA) is 75.3 Å². The van der Waals surface area contributed by atoms with Gasteiger partial charge in [-0.2, -0.15) is 0 Å². The Labute approximate surface area is 156 Å². The van der Waals surface area contributed by atoms with E-state index in [1.807, 2.05) is 42.3 Å². The Morgan fingerprint density at radius 1 is 1.15 bits per heavy atom. The molecule has 1 fully saturated rings. The second-order valence-corrected chi connectivity index (χ2v) is 7.59.